The number of methoxy groups -OCH3 is 3. The number of piperazine rings is 1. The van der Waals surface area contributed by atoms with Gasteiger partial charge in [-0.3, -0.25) is 4.90 Å². The van der Waals surface area contributed by atoms with Crippen molar-refractivity contribution in [2.75, 3.05) is 54.1 Å². The first-order valence-electron chi connectivity index (χ1n) is 10.8. The Labute approximate surface area is 208 Å². The van der Waals surface area contributed by atoms with E-state index in [1.807, 2.05) is 12.1 Å². The van der Waals surface area contributed by atoms with Crippen molar-refractivity contribution >= 4 is 29.9 Å². The van der Waals surface area contributed by atoms with Gasteiger partial charge in [-0.25, -0.2) is 4.99 Å². The fraction of sp³-hybridized carbons (Fsp3) is 0.458. The van der Waals surface area contributed by atoms with E-state index < -0.39 is 0 Å². The molecule has 0 amide bonds. The molecule has 0 saturated carbocycles. The highest BCUT2D eigenvalue weighted by Gasteiger charge is 2.20. The molecule has 0 atom stereocenters. The van der Waals surface area contributed by atoms with Crippen LogP contribution >= 0.6 is 24.0 Å². The van der Waals surface area contributed by atoms with Gasteiger partial charge in [-0.15, -0.1) is 24.0 Å². The number of guanidine groups is 1. The van der Waals surface area contributed by atoms with Crippen LogP contribution in [0, 0.1) is 0 Å². The molecule has 0 radical (unpaired) electrons. The number of hydrogen-bond acceptors (Lipinski definition) is 5. The molecule has 7 nitrogen and oxygen atoms in total. The summed E-state index contributed by atoms with van der Waals surface area (Å²) in [5.41, 5.74) is 2.32. The van der Waals surface area contributed by atoms with Crippen LogP contribution < -0.4 is 19.5 Å². The minimum Gasteiger partial charge on any atom is -0.493 e. The van der Waals surface area contributed by atoms with E-state index in [2.05, 4.69) is 52.4 Å². The molecule has 1 aliphatic rings. The quantitative estimate of drug-likeness (QED) is 0.306. The fourth-order valence-corrected chi connectivity index (χ4v) is 3.83. The average molecular weight is 554 g/mol. The number of ether oxygens (including phenoxy) is 3. The van der Waals surface area contributed by atoms with Gasteiger partial charge in [0.05, 0.1) is 27.9 Å². The van der Waals surface area contributed by atoms with Gasteiger partial charge in [0.15, 0.2) is 17.5 Å². The summed E-state index contributed by atoms with van der Waals surface area (Å²) in [7, 11) is 4.88. The molecule has 8 heteroatoms. The Morgan fingerprint density at radius 1 is 0.906 bits per heavy atom. The lowest BCUT2D eigenvalue weighted by Gasteiger charge is -2.36. The Balaban J connectivity index is 0.00000363. The van der Waals surface area contributed by atoms with E-state index in [1.54, 1.807) is 21.3 Å². The third kappa shape index (κ3) is 6.65. The molecule has 0 unspecified atom stereocenters. The summed E-state index contributed by atoms with van der Waals surface area (Å²) in [5, 5.41) is 3.44. The average Bonchev–Trinajstić information content (AvgIpc) is 2.82. The topological polar surface area (TPSA) is 58.6 Å². The third-order valence-electron chi connectivity index (χ3n) is 5.44. The molecule has 32 heavy (non-hydrogen) atoms. The number of nitrogens with one attached hydrogen (secondary N) is 1. The van der Waals surface area contributed by atoms with E-state index in [0.29, 0.717) is 23.8 Å². The molecule has 0 aromatic heterocycles. The number of benzene rings is 2. The molecule has 0 bridgehead atoms. The standard InChI is InChI=1S/C24H34N4O3.HI/c1-5-25-24(26-17-20-11-12-21(29-2)23(31-4)22(20)30-3)28-15-13-27(14-16-28)18-19-9-7-6-8-10-19;/h6-12H,5,13-18H2,1-4H3,(H,25,26);1H. The van der Waals surface area contributed by atoms with E-state index in [4.69, 9.17) is 19.2 Å². The summed E-state index contributed by atoms with van der Waals surface area (Å²) in [6.07, 6.45) is 0. The van der Waals surface area contributed by atoms with Crippen LogP contribution in [-0.2, 0) is 13.1 Å². The molecule has 1 fully saturated rings. The van der Waals surface area contributed by atoms with Crippen molar-refractivity contribution in [3.63, 3.8) is 0 Å². The van der Waals surface area contributed by atoms with E-state index in [9.17, 15) is 0 Å². The van der Waals surface area contributed by atoms with Gasteiger partial charge in [-0.05, 0) is 24.6 Å². The molecule has 1 N–H and O–H groups in total. The lowest BCUT2D eigenvalue weighted by atomic mass is 10.1. The maximum Gasteiger partial charge on any atom is 0.203 e. The third-order valence-corrected chi connectivity index (χ3v) is 5.44. The van der Waals surface area contributed by atoms with E-state index in [1.165, 1.54) is 5.56 Å². The van der Waals surface area contributed by atoms with Gasteiger partial charge in [0.25, 0.3) is 0 Å². The van der Waals surface area contributed by atoms with Crippen molar-refractivity contribution in [3.8, 4) is 17.2 Å². The van der Waals surface area contributed by atoms with Crippen molar-refractivity contribution in [1.82, 2.24) is 15.1 Å². The molecule has 2 aromatic rings. The number of nitrogens with zero attached hydrogens (tertiary/aromatic N) is 3. The minimum absolute atomic E-state index is 0. The van der Waals surface area contributed by atoms with Crippen LogP contribution in [0.3, 0.4) is 0 Å². The van der Waals surface area contributed by atoms with Gasteiger partial charge < -0.3 is 24.4 Å². The predicted molar refractivity (Wildman–Crippen MR) is 140 cm³/mol. The van der Waals surface area contributed by atoms with Crippen LogP contribution in [0.15, 0.2) is 47.5 Å². The second-order valence-corrected chi connectivity index (χ2v) is 7.41. The first kappa shape index (κ1) is 26.1. The first-order chi connectivity index (χ1) is 15.2. The maximum atomic E-state index is 5.60. The SMILES string of the molecule is CCNC(=NCc1ccc(OC)c(OC)c1OC)N1CCN(Cc2ccccc2)CC1.I. The van der Waals surface area contributed by atoms with Gasteiger partial charge >= 0.3 is 0 Å². The zero-order valence-corrected chi connectivity index (χ0v) is 21.8. The molecular weight excluding hydrogens is 519 g/mol. The highest BCUT2D eigenvalue weighted by atomic mass is 127. The van der Waals surface area contributed by atoms with Crippen molar-refractivity contribution in [1.29, 1.82) is 0 Å². The molecule has 0 spiro atoms. The second kappa shape index (κ2) is 13.4. The molecular formula is C24H35IN4O3. The number of halogens is 1. The summed E-state index contributed by atoms with van der Waals surface area (Å²) in [6.45, 7) is 8.33. The highest BCUT2D eigenvalue weighted by molar-refractivity contribution is 14.0. The number of rotatable bonds is 8. The van der Waals surface area contributed by atoms with Crippen LogP contribution in [0.5, 0.6) is 17.2 Å². The van der Waals surface area contributed by atoms with Crippen molar-refractivity contribution in [3.05, 3.63) is 53.6 Å². The molecule has 2 aromatic carbocycles. The Hall–Kier alpha value is -2.20. The monoisotopic (exact) mass is 554 g/mol. The molecule has 1 heterocycles. The van der Waals surface area contributed by atoms with Crippen LogP contribution in [-0.4, -0.2) is 69.8 Å². The van der Waals surface area contributed by atoms with Gasteiger partial charge in [0.2, 0.25) is 5.75 Å². The van der Waals surface area contributed by atoms with Crippen molar-refractivity contribution in [2.45, 2.75) is 20.0 Å². The molecule has 1 aliphatic heterocycles. The summed E-state index contributed by atoms with van der Waals surface area (Å²) >= 11 is 0. The van der Waals surface area contributed by atoms with Gasteiger partial charge in [0.1, 0.15) is 0 Å². The molecule has 3 rings (SSSR count). The lowest BCUT2D eigenvalue weighted by molar-refractivity contribution is 0.172. The zero-order valence-electron chi connectivity index (χ0n) is 19.5. The van der Waals surface area contributed by atoms with Crippen LogP contribution in [0.4, 0.5) is 0 Å². The van der Waals surface area contributed by atoms with Gasteiger partial charge in [-0.2, -0.15) is 0 Å². The summed E-state index contributed by atoms with van der Waals surface area (Å²) in [6, 6.07) is 14.5. The normalized spacial score (nSPS) is 14.5. The second-order valence-electron chi connectivity index (χ2n) is 7.41. The van der Waals surface area contributed by atoms with Crippen LogP contribution in [0.25, 0.3) is 0 Å². The van der Waals surface area contributed by atoms with Crippen LogP contribution in [0.2, 0.25) is 0 Å². The largest absolute Gasteiger partial charge is 0.493 e. The van der Waals surface area contributed by atoms with E-state index in [-0.39, 0.29) is 24.0 Å². The Morgan fingerprint density at radius 2 is 1.59 bits per heavy atom. The summed E-state index contributed by atoms with van der Waals surface area (Å²) in [5.74, 6) is 2.83. The van der Waals surface area contributed by atoms with Gasteiger partial charge in [0, 0.05) is 44.8 Å². The first-order valence-corrected chi connectivity index (χ1v) is 10.8. The van der Waals surface area contributed by atoms with Crippen LogP contribution in [0.1, 0.15) is 18.1 Å². The fourth-order valence-electron chi connectivity index (χ4n) is 3.83. The predicted octanol–water partition coefficient (Wildman–Crippen LogP) is 3.61. The minimum atomic E-state index is 0. The molecule has 176 valence electrons. The molecule has 1 saturated heterocycles. The van der Waals surface area contributed by atoms with Crippen molar-refractivity contribution in [2.24, 2.45) is 4.99 Å². The Bertz CT molecular complexity index is 856. The Morgan fingerprint density at radius 3 is 2.19 bits per heavy atom. The zero-order chi connectivity index (χ0) is 22.1. The number of aliphatic imine (C=N–C) groups is 1. The molecule has 0 aliphatic carbocycles. The van der Waals surface area contributed by atoms with Crippen molar-refractivity contribution < 1.29 is 14.2 Å². The number of hydrogen-bond donors (Lipinski definition) is 1. The maximum absolute atomic E-state index is 5.60. The Kier molecular flexibility index (Phi) is 10.9. The van der Waals surface area contributed by atoms with Gasteiger partial charge in [-0.1, -0.05) is 30.3 Å². The van der Waals surface area contributed by atoms with E-state index >= 15 is 0 Å². The smallest absolute Gasteiger partial charge is 0.203 e. The highest BCUT2D eigenvalue weighted by Crippen LogP contribution is 2.40. The summed E-state index contributed by atoms with van der Waals surface area (Å²) < 4.78 is 16.5. The lowest BCUT2D eigenvalue weighted by Crippen LogP contribution is -2.52. The summed E-state index contributed by atoms with van der Waals surface area (Å²) in [4.78, 5) is 9.72. The van der Waals surface area contributed by atoms with E-state index in [0.717, 1.165) is 50.8 Å².